The first-order chi connectivity index (χ1) is 12.9. The molecule has 1 aliphatic carbocycles. The molecule has 0 saturated heterocycles. The van der Waals surface area contributed by atoms with Crippen molar-refractivity contribution in [3.8, 4) is 0 Å². The van der Waals surface area contributed by atoms with E-state index in [2.05, 4.69) is 10.0 Å². The Morgan fingerprint density at radius 1 is 1.19 bits per heavy atom. The number of nitrogens with zero attached hydrogens (tertiary/aromatic N) is 1. The third-order valence-electron chi connectivity index (χ3n) is 5.28. The zero-order chi connectivity index (χ0) is 19.4. The highest BCUT2D eigenvalue weighted by molar-refractivity contribution is 7.89. The lowest BCUT2D eigenvalue weighted by Crippen LogP contribution is -2.39. The molecule has 0 unspecified atom stereocenters. The molecule has 8 heteroatoms. The van der Waals surface area contributed by atoms with Crippen molar-refractivity contribution in [1.29, 1.82) is 0 Å². The fourth-order valence-corrected chi connectivity index (χ4v) is 4.61. The Morgan fingerprint density at radius 3 is 2.59 bits per heavy atom. The van der Waals surface area contributed by atoms with Crippen molar-refractivity contribution < 1.29 is 12.8 Å². The topological polar surface area (TPSA) is 93.3 Å². The van der Waals surface area contributed by atoms with Gasteiger partial charge in [0.2, 0.25) is 10.0 Å². The van der Waals surface area contributed by atoms with Crippen LogP contribution in [-0.2, 0) is 16.6 Å². The zero-order valence-electron chi connectivity index (χ0n) is 16.0. The largest absolute Gasteiger partial charge is 0.419 e. The number of fused-ring (bicyclic) bond motifs is 1. The normalized spacial score (nSPS) is 20.8. The van der Waals surface area contributed by atoms with Gasteiger partial charge in [-0.15, -0.1) is 0 Å². The lowest BCUT2D eigenvalue weighted by molar-refractivity contribution is 0.324. The summed E-state index contributed by atoms with van der Waals surface area (Å²) >= 11 is 0. The van der Waals surface area contributed by atoms with E-state index in [-0.39, 0.29) is 17.6 Å². The number of aryl methyl sites for hydroxylation is 1. The van der Waals surface area contributed by atoms with Crippen LogP contribution >= 0.6 is 0 Å². The van der Waals surface area contributed by atoms with Gasteiger partial charge in [-0.05, 0) is 57.1 Å². The SMILES string of the molecule is CCCn1c(=O)oc2cc(NC[C@H]3CC[C@H](NS(=O)(=O)CC)CC3)ccc21. The number of nitrogens with one attached hydrogen (secondary N) is 2. The zero-order valence-corrected chi connectivity index (χ0v) is 16.8. The highest BCUT2D eigenvalue weighted by Crippen LogP contribution is 2.26. The predicted molar refractivity (Wildman–Crippen MR) is 108 cm³/mol. The number of rotatable bonds is 8. The van der Waals surface area contributed by atoms with Gasteiger partial charge < -0.3 is 9.73 Å². The van der Waals surface area contributed by atoms with E-state index in [0.29, 0.717) is 18.0 Å². The minimum Gasteiger partial charge on any atom is -0.408 e. The third-order valence-corrected chi connectivity index (χ3v) is 6.74. The van der Waals surface area contributed by atoms with Gasteiger partial charge in [-0.2, -0.15) is 0 Å². The molecule has 2 N–H and O–H groups in total. The number of hydrogen-bond donors (Lipinski definition) is 2. The number of benzene rings is 1. The molecule has 1 aliphatic rings. The van der Waals surface area contributed by atoms with Crippen LogP contribution in [0.1, 0.15) is 46.0 Å². The van der Waals surface area contributed by atoms with E-state index in [1.54, 1.807) is 11.5 Å². The highest BCUT2D eigenvalue weighted by Gasteiger charge is 2.24. The van der Waals surface area contributed by atoms with Gasteiger partial charge in [0.05, 0.1) is 11.3 Å². The molecule has 3 rings (SSSR count). The molecular weight excluding hydrogens is 366 g/mol. The summed E-state index contributed by atoms with van der Waals surface area (Å²) in [5, 5.41) is 3.43. The van der Waals surface area contributed by atoms with Crippen LogP contribution in [0.5, 0.6) is 0 Å². The van der Waals surface area contributed by atoms with E-state index in [1.807, 2.05) is 25.1 Å². The van der Waals surface area contributed by atoms with Gasteiger partial charge in [0.1, 0.15) is 0 Å². The Labute approximate surface area is 160 Å². The van der Waals surface area contributed by atoms with Crippen molar-refractivity contribution in [3.05, 3.63) is 28.7 Å². The summed E-state index contributed by atoms with van der Waals surface area (Å²) in [5.41, 5.74) is 2.38. The summed E-state index contributed by atoms with van der Waals surface area (Å²) in [5.74, 6) is 0.337. The number of sulfonamides is 1. The number of hydrogen-bond acceptors (Lipinski definition) is 5. The molecule has 1 aromatic heterocycles. The minimum atomic E-state index is -3.12. The first-order valence-corrected chi connectivity index (χ1v) is 11.4. The predicted octanol–water partition coefficient (Wildman–Crippen LogP) is 2.91. The first-order valence-electron chi connectivity index (χ1n) is 9.79. The van der Waals surface area contributed by atoms with Crippen molar-refractivity contribution >= 4 is 26.8 Å². The molecule has 0 bridgehead atoms. The maximum atomic E-state index is 11.9. The van der Waals surface area contributed by atoms with Crippen molar-refractivity contribution in [2.24, 2.45) is 5.92 Å². The molecule has 1 saturated carbocycles. The van der Waals surface area contributed by atoms with Crippen LogP contribution in [0.2, 0.25) is 0 Å². The molecule has 7 nitrogen and oxygen atoms in total. The Balaban J connectivity index is 1.54. The summed E-state index contributed by atoms with van der Waals surface area (Å²) < 4.78 is 33.2. The number of anilines is 1. The Bertz CT molecular complexity index is 924. The second kappa shape index (κ2) is 8.48. The molecule has 2 aromatic rings. The van der Waals surface area contributed by atoms with Gasteiger partial charge in [0.15, 0.2) is 5.58 Å². The van der Waals surface area contributed by atoms with Crippen LogP contribution in [0, 0.1) is 5.92 Å². The van der Waals surface area contributed by atoms with Crippen molar-refractivity contribution in [2.45, 2.75) is 58.5 Å². The molecule has 0 radical (unpaired) electrons. The van der Waals surface area contributed by atoms with Crippen LogP contribution in [0.4, 0.5) is 5.69 Å². The van der Waals surface area contributed by atoms with E-state index < -0.39 is 10.0 Å². The van der Waals surface area contributed by atoms with Gasteiger partial charge in [-0.1, -0.05) is 6.92 Å². The highest BCUT2D eigenvalue weighted by atomic mass is 32.2. The Hall–Kier alpha value is -1.80. The van der Waals surface area contributed by atoms with Crippen molar-refractivity contribution in [2.75, 3.05) is 17.6 Å². The maximum Gasteiger partial charge on any atom is 0.419 e. The fraction of sp³-hybridized carbons (Fsp3) is 0.632. The second-order valence-electron chi connectivity index (χ2n) is 7.32. The van der Waals surface area contributed by atoms with Crippen LogP contribution < -0.4 is 15.8 Å². The van der Waals surface area contributed by atoms with Gasteiger partial charge in [0.25, 0.3) is 0 Å². The molecule has 1 aromatic carbocycles. The van der Waals surface area contributed by atoms with E-state index in [0.717, 1.165) is 49.9 Å². The van der Waals surface area contributed by atoms with Crippen molar-refractivity contribution in [1.82, 2.24) is 9.29 Å². The molecule has 150 valence electrons. The van der Waals surface area contributed by atoms with Crippen molar-refractivity contribution in [3.63, 3.8) is 0 Å². The average molecular weight is 396 g/mol. The fourth-order valence-electron chi connectivity index (χ4n) is 3.70. The van der Waals surface area contributed by atoms with E-state index in [4.69, 9.17) is 4.42 Å². The summed E-state index contributed by atoms with van der Waals surface area (Å²) in [6, 6.07) is 5.85. The quantitative estimate of drug-likeness (QED) is 0.717. The molecule has 1 fully saturated rings. The van der Waals surface area contributed by atoms with Crippen LogP contribution in [-0.4, -0.2) is 31.3 Å². The first kappa shape index (κ1) is 19.9. The summed E-state index contributed by atoms with van der Waals surface area (Å²) in [7, 11) is -3.12. The number of aromatic nitrogens is 1. The summed E-state index contributed by atoms with van der Waals surface area (Å²) in [6.45, 7) is 5.18. The molecule has 0 atom stereocenters. The maximum absolute atomic E-state index is 11.9. The van der Waals surface area contributed by atoms with Gasteiger partial charge >= 0.3 is 5.76 Å². The standard InChI is InChI=1S/C19H29N3O4S/c1-3-11-22-17-10-9-16(12-18(17)26-19(22)23)20-13-14-5-7-15(8-6-14)21-27(24,25)4-2/h9-10,12,14-15,20-21H,3-8,11,13H2,1-2H3/t14-,15-. The Morgan fingerprint density at radius 2 is 1.93 bits per heavy atom. The van der Waals surface area contributed by atoms with Gasteiger partial charge in [-0.3, -0.25) is 4.57 Å². The van der Waals surface area contributed by atoms with E-state index in [9.17, 15) is 13.2 Å². The summed E-state index contributed by atoms with van der Waals surface area (Å²) in [6.07, 6.45) is 4.62. The monoisotopic (exact) mass is 395 g/mol. The lowest BCUT2D eigenvalue weighted by Gasteiger charge is -2.29. The van der Waals surface area contributed by atoms with Crippen LogP contribution in [0.3, 0.4) is 0 Å². The smallest absolute Gasteiger partial charge is 0.408 e. The van der Waals surface area contributed by atoms with E-state index >= 15 is 0 Å². The molecule has 0 aliphatic heterocycles. The number of oxazole rings is 1. The molecule has 27 heavy (non-hydrogen) atoms. The van der Waals surface area contributed by atoms with Crippen LogP contribution in [0.25, 0.3) is 11.1 Å². The third kappa shape index (κ3) is 4.93. The molecule has 1 heterocycles. The lowest BCUT2D eigenvalue weighted by atomic mass is 9.86. The van der Waals surface area contributed by atoms with Gasteiger partial charge in [-0.25, -0.2) is 17.9 Å². The minimum absolute atomic E-state index is 0.0650. The second-order valence-corrected chi connectivity index (χ2v) is 9.36. The molecule has 0 spiro atoms. The van der Waals surface area contributed by atoms with Crippen LogP contribution in [0.15, 0.2) is 27.4 Å². The average Bonchev–Trinajstić information content (AvgIpc) is 2.96. The Kier molecular flexibility index (Phi) is 6.26. The summed E-state index contributed by atoms with van der Waals surface area (Å²) in [4.78, 5) is 11.9. The van der Waals surface area contributed by atoms with E-state index in [1.165, 1.54) is 0 Å². The van der Waals surface area contributed by atoms with Gasteiger partial charge in [0, 0.05) is 30.9 Å². The molecule has 0 amide bonds. The molecular formula is C19H29N3O4S.